The zero-order chi connectivity index (χ0) is 20.6. The summed E-state index contributed by atoms with van der Waals surface area (Å²) in [6.07, 6.45) is 5.05. The quantitative estimate of drug-likeness (QED) is 0.330. The predicted octanol–water partition coefficient (Wildman–Crippen LogP) is 5.06. The minimum atomic E-state index is -0.828. The molecule has 5 nitrogen and oxygen atoms in total. The smallest absolute Gasteiger partial charge is 0.307 e. The number of unbranched alkanes of at least 4 members (excludes halogenated alkanes) is 3. The van der Waals surface area contributed by atoms with Crippen molar-refractivity contribution in [3.63, 3.8) is 0 Å². The minimum absolute atomic E-state index is 0.0299. The Morgan fingerprint density at radius 3 is 2.28 bits per heavy atom. The van der Waals surface area contributed by atoms with Crippen LogP contribution in [0.5, 0.6) is 17.2 Å². The lowest BCUT2D eigenvalue weighted by Crippen LogP contribution is -2.00. The van der Waals surface area contributed by atoms with Crippen LogP contribution in [0.15, 0.2) is 54.6 Å². The van der Waals surface area contributed by atoms with E-state index in [9.17, 15) is 15.0 Å². The van der Waals surface area contributed by atoms with Gasteiger partial charge in [0.1, 0.15) is 5.75 Å². The Balaban J connectivity index is 1.38. The van der Waals surface area contributed by atoms with E-state index in [1.807, 2.05) is 42.5 Å². The molecule has 0 amide bonds. The highest BCUT2D eigenvalue weighted by Crippen LogP contribution is 2.26. The Labute approximate surface area is 170 Å². The summed E-state index contributed by atoms with van der Waals surface area (Å²) < 4.78 is 5.85. The number of ether oxygens (including phenoxy) is 1. The number of carboxylic acid groups (broad SMARTS) is 1. The summed E-state index contributed by atoms with van der Waals surface area (Å²) in [6, 6.07) is 16.5. The van der Waals surface area contributed by atoms with Crippen molar-refractivity contribution >= 4 is 16.7 Å². The van der Waals surface area contributed by atoms with Gasteiger partial charge in [-0.15, -0.1) is 0 Å². The summed E-state index contributed by atoms with van der Waals surface area (Å²) in [5.74, 6) is -0.154. The lowest BCUT2D eigenvalue weighted by molar-refractivity contribution is -0.136. The molecule has 0 aliphatic heterocycles. The second kappa shape index (κ2) is 9.82. The first-order valence-electron chi connectivity index (χ1n) is 9.89. The average Bonchev–Trinajstić information content (AvgIpc) is 2.69. The molecule has 0 radical (unpaired) electrons. The fourth-order valence-electron chi connectivity index (χ4n) is 3.35. The number of aryl methyl sites for hydroxylation is 1. The van der Waals surface area contributed by atoms with E-state index in [0.29, 0.717) is 6.61 Å². The van der Waals surface area contributed by atoms with E-state index in [1.165, 1.54) is 6.07 Å². The number of hydrogen-bond acceptors (Lipinski definition) is 4. The molecule has 0 saturated carbocycles. The first-order chi connectivity index (χ1) is 14.0. The van der Waals surface area contributed by atoms with Crippen LogP contribution in [0.25, 0.3) is 10.8 Å². The molecule has 0 saturated heterocycles. The second-order valence-corrected chi connectivity index (χ2v) is 7.25. The monoisotopic (exact) mass is 394 g/mol. The van der Waals surface area contributed by atoms with Crippen molar-refractivity contribution in [1.29, 1.82) is 0 Å². The van der Waals surface area contributed by atoms with Crippen LogP contribution >= 0.6 is 0 Å². The number of benzene rings is 3. The highest BCUT2D eigenvalue weighted by atomic mass is 16.5. The summed E-state index contributed by atoms with van der Waals surface area (Å²) in [5.41, 5.74) is 1.82. The van der Waals surface area contributed by atoms with Gasteiger partial charge in [0.2, 0.25) is 0 Å². The van der Waals surface area contributed by atoms with E-state index >= 15 is 0 Å². The molecule has 3 N–H and O–H groups in total. The Morgan fingerprint density at radius 2 is 1.48 bits per heavy atom. The van der Waals surface area contributed by atoms with Gasteiger partial charge in [0.05, 0.1) is 13.0 Å². The molecule has 3 aromatic carbocycles. The molecule has 0 unspecified atom stereocenters. The zero-order valence-electron chi connectivity index (χ0n) is 16.3. The van der Waals surface area contributed by atoms with Crippen molar-refractivity contribution in [2.75, 3.05) is 6.61 Å². The van der Waals surface area contributed by atoms with E-state index in [0.717, 1.165) is 59.8 Å². The van der Waals surface area contributed by atoms with Crippen molar-refractivity contribution in [1.82, 2.24) is 0 Å². The molecular weight excluding hydrogens is 368 g/mol. The Bertz CT molecular complexity index is 980. The Morgan fingerprint density at radius 1 is 0.759 bits per heavy atom. The Hall–Kier alpha value is -3.21. The van der Waals surface area contributed by atoms with Crippen LogP contribution in [0.4, 0.5) is 0 Å². The van der Waals surface area contributed by atoms with Crippen LogP contribution in [-0.4, -0.2) is 27.9 Å². The van der Waals surface area contributed by atoms with Crippen LogP contribution in [0.3, 0.4) is 0 Å². The summed E-state index contributed by atoms with van der Waals surface area (Å²) in [5, 5.41) is 29.8. The summed E-state index contributed by atoms with van der Waals surface area (Å²) in [6.45, 7) is 0.655. The highest BCUT2D eigenvalue weighted by Gasteiger charge is 2.04. The zero-order valence-corrected chi connectivity index (χ0v) is 16.3. The predicted molar refractivity (Wildman–Crippen MR) is 113 cm³/mol. The molecule has 152 valence electrons. The summed E-state index contributed by atoms with van der Waals surface area (Å²) in [7, 11) is 0. The van der Waals surface area contributed by atoms with Crippen molar-refractivity contribution in [2.24, 2.45) is 0 Å². The minimum Gasteiger partial charge on any atom is -0.504 e. The van der Waals surface area contributed by atoms with Gasteiger partial charge in [-0.25, -0.2) is 0 Å². The number of fused-ring (bicyclic) bond motifs is 1. The molecule has 0 heterocycles. The third-order valence-electron chi connectivity index (χ3n) is 4.90. The standard InChI is InChI=1S/C24H26O5/c25-22-11-7-17(14-23(22)26)5-3-1-2-4-12-29-21-10-9-19-13-18(15-24(27)28)6-8-20(19)16-21/h6-11,13-14,16,25-26H,1-5,12,15H2,(H,27,28). The van der Waals surface area contributed by atoms with Gasteiger partial charge in [-0.05, 0) is 65.4 Å². The number of aliphatic carboxylic acids is 1. The normalized spacial score (nSPS) is 10.9. The summed E-state index contributed by atoms with van der Waals surface area (Å²) in [4.78, 5) is 10.8. The van der Waals surface area contributed by atoms with Gasteiger partial charge in [0.15, 0.2) is 11.5 Å². The number of carbonyl (C=O) groups is 1. The Kier molecular flexibility index (Phi) is 6.95. The molecule has 0 atom stereocenters. The molecule has 0 bridgehead atoms. The maximum Gasteiger partial charge on any atom is 0.307 e. The largest absolute Gasteiger partial charge is 0.504 e. The molecule has 0 spiro atoms. The maximum atomic E-state index is 10.8. The van der Waals surface area contributed by atoms with Crippen molar-refractivity contribution < 1.29 is 24.9 Å². The fourth-order valence-corrected chi connectivity index (χ4v) is 3.35. The maximum absolute atomic E-state index is 10.8. The van der Waals surface area contributed by atoms with Gasteiger partial charge < -0.3 is 20.1 Å². The van der Waals surface area contributed by atoms with E-state index in [-0.39, 0.29) is 17.9 Å². The van der Waals surface area contributed by atoms with Gasteiger partial charge >= 0.3 is 5.97 Å². The van der Waals surface area contributed by atoms with Gasteiger partial charge in [-0.3, -0.25) is 4.79 Å². The summed E-state index contributed by atoms with van der Waals surface area (Å²) >= 11 is 0. The van der Waals surface area contributed by atoms with Crippen LogP contribution < -0.4 is 4.74 Å². The van der Waals surface area contributed by atoms with Crippen LogP contribution in [0.1, 0.15) is 36.8 Å². The lowest BCUT2D eigenvalue weighted by atomic mass is 10.0. The van der Waals surface area contributed by atoms with E-state index in [2.05, 4.69) is 0 Å². The molecule has 0 fully saturated rings. The number of phenolic OH excluding ortho intramolecular Hbond substituents is 2. The van der Waals surface area contributed by atoms with Crippen LogP contribution in [-0.2, 0) is 17.6 Å². The third-order valence-corrected chi connectivity index (χ3v) is 4.90. The molecular formula is C24H26O5. The van der Waals surface area contributed by atoms with Crippen LogP contribution in [0.2, 0.25) is 0 Å². The van der Waals surface area contributed by atoms with Gasteiger partial charge in [0, 0.05) is 0 Å². The molecule has 3 rings (SSSR count). The van der Waals surface area contributed by atoms with E-state index < -0.39 is 5.97 Å². The number of phenols is 2. The first-order valence-corrected chi connectivity index (χ1v) is 9.89. The number of rotatable bonds is 10. The average molecular weight is 394 g/mol. The van der Waals surface area contributed by atoms with Gasteiger partial charge in [0.25, 0.3) is 0 Å². The molecule has 0 aliphatic rings. The van der Waals surface area contributed by atoms with E-state index in [4.69, 9.17) is 9.84 Å². The van der Waals surface area contributed by atoms with Crippen molar-refractivity contribution in [2.45, 2.75) is 38.5 Å². The van der Waals surface area contributed by atoms with E-state index in [1.54, 1.807) is 6.07 Å². The number of hydrogen-bond donors (Lipinski definition) is 3. The number of carboxylic acids is 1. The van der Waals surface area contributed by atoms with Crippen molar-refractivity contribution in [3.8, 4) is 17.2 Å². The molecule has 0 aromatic heterocycles. The third kappa shape index (κ3) is 6.14. The lowest BCUT2D eigenvalue weighted by Gasteiger charge is -2.08. The molecule has 0 aliphatic carbocycles. The number of aromatic hydroxyl groups is 2. The van der Waals surface area contributed by atoms with Gasteiger partial charge in [-0.1, -0.05) is 43.2 Å². The second-order valence-electron chi connectivity index (χ2n) is 7.25. The SMILES string of the molecule is O=C(O)Cc1ccc2cc(OCCCCCCc3ccc(O)c(O)c3)ccc2c1. The first kappa shape index (κ1) is 20.5. The molecule has 29 heavy (non-hydrogen) atoms. The molecule has 3 aromatic rings. The fraction of sp³-hybridized carbons (Fsp3) is 0.292. The molecule has 5 heteroatoms. The van der Waals surface area contributed by atoms with Crippen molar-refractivity contribution in [3.05, 3.63) is 65.7 Å². The highest BCUT2D eigenvalue weighted by molar-refractivity contribution is 5.85. The van der Waals surface area contributed by atoms with Gasteiger partial charge in [-0.2, -0.15) is 0 Å². The van der Waals surface area contributed by atoms with Crippen LogP contribution in [0, 0.1) is 0 Å². The topological polar surface area (TPSA) is 87.0 Å².